The fraction of sp³-hybridized carbons (Fsp3) is 0.478. The second-order valence-corrected chi connectivity index (χ2v) is 7.87. The van der Waals surface area contributed by atoms with Gasteiger partial charge in [-0.15, -0.1) is 0 Å². The highest BCUT2D eigenvalue weighted by molar-refractivity contribution is 5.91. The molecule has 2 aromatic rings. The minimum atomic E-state index is -0.0973. The summed E-state index contributed by atoms with van der Waals surface area (Å²) in [7, 11) is 0. The highest BCUT2D eigenvalue weighted by Gasteiger charge is 2.30. The standard InChI is InChI=1S/C23H30N2O3/c1-4-17-7-9-18(10-8-17)21(16(2)3)24-22(26)19-11-13-25(14-12-19)23(27)20-6-5-15-28-20/h5-10,15-16,19,21H,4,11-14H2,1-3H3,(H,24,26)/t21-/m0/s1. The first-order valence-electron chi connectivity index (χ1n) is 10.2. The molecule has 1 aliphatic rings. The van der Waals surface area contributed by atoms with Crippen molar-refractivity contribution in [1.29, 1.82) is 0 Å². The first-order chi connectivity index (χ1) is 13.5. The Morgan fingerprint density at radius 3 is 2.36 bits per heavy atom. The van der Waals surface area contributed by atoms with E-state index in [2.05, 4.69) is 50.4 Å². The molecular weight excluding hydrogens is 352 g/mol. The van der Waals surface area contributed by atoms with Gasteiger partial charge < -0.3 is 14.6 Å². The van der Waals surface area contributed by atoms with Gasteiger partial charge in [0.1, 0.15) is 0 Å². The molecule has 0 unspecified atom stereocenters. The third-order valence-corrected chi connectivity index (χ3v) is 5.60. The van der Waals surface area contributed by atoms with Crippen molar-refractivity contribution < 1.29 is 14.0 Å². The van der Waals surface area contributed by atoms with Crippen LogP contribution >= 0.6 is 0 Å². The van der Waals surface area contributed by atoms with Gasteiger partial charge in [-0.25, -0.2) is 0 Å². The zero-order valence-corrected chi connectivity index (χ0v) is 17.0. The Kier molecular flexibility index (Phi) is 6.55. The van der Waals surface area contributed by atoms with Gasteiger partial charge in [0.15, 0.2) is 5.76 Å². The van der Waals surface area contributed by atoms with Crippen molar-refractivity contribution in [2.24, 2.45) is 11.8 Å². The summed E-state index contributed by atoms with van der Waals surface area (Å²) < 4.78 is 5.20. The molecule has 1 fully saturated rings. The summed E-state index contributed by atoms with van der Waals surface area (Å²) in [6.45, 7) is 7.55. The van der Waals surface area contributed by atoms with Gasteiger partial charge in [0.05, 0.1) is 12.3 Å². The van der Waals surface area contributed by atoms with E-state index in [0.29, 0.717) is 37.6 Å². The second kappa shape index (κ2) is 9.09. The average molecular weight is 383 g/mol. The van der Waals surface area contributed by atoms with E-state index < -0.39 is 0 Å². The van der Waals surface area contributed by atoms with E-state index in [1.807, 2.05) is 0 Å². The quantitative estimate of drug-likeness (QED) is 0.814. The van der Waals surface area contributed by atoms with Crippen molar-refractivity contribution in [2.75, 3.05) is 13.1 Å². The summed E-state index contributed by atoms with van der Waals surface area (Å²) in [5.74, 6) is 0.593. The van der Waals surface area contributed by atoms with Crippen LogP contribution in [0, 0.1) is 11.8 Å². The summed E-state index contributed by atoms with van der Waals surface area (Å²) in [5.41, 5.74) is 2.44. The van der Waals surface area contributed by atoms with E-state index in [9.17, 15) is 9.59 Å². The van der Waals surface area contributed by atoms with Crippen molar-refractivity contribution in [3.8, 4) is 0 Å². The largest absolute Gasteiger partial charge is 0.459 e. The number of nitrogens with one attached hydrogen (secondary N) is 1. The van der Waals surface area contributed by atoms with Crippen LogP contribution in [0.15, 0.2) is 47.1 Å². The molecule has 2 amide bonds. The molecule has 150 valence electrons. The minimum Gasteiger partial charge on any atom is -0.459 e. The zero-order valence-electron chi connectivity index (χ0n) is 17.0. The van der Waals surface area contributed by atoms with E-state index >= 15 is 0 Å². The van der Waals surface area contributed by atoms with Gasteiger partial charge in [0, 0.05) is 19.0 Å². The first-order valence-corrected chi connectivity index (χ1v) is 10.2. The average Bonchev–Trinajstić information content (AvgIpc) is 3.26. The molecule has 1 atom stereocenters. The number of piperidine rings is 1. The lowest BCUT2D eigenvalue weighted by atomic mass is 9.91. The van der Waals surface area contributed by atoms with Crippen LogP contribution in [0.4, 0.5) is 0 Å². The number of furan rings is 1. The highest BCUT2D eigenvalue weighted by Crippen LogP contribution is 2.25. The number of likely N-dealkylation sites (tertiary alicyclic amines) is 1. The van der Waals surface area contributed by atoms with Crippen molar-refractivity contribution in [3.05, 3.63) is 59.5 Å². The predicted molar refractivity (Wildman–Crippen MR) is 109 cm³/mol. The number of carbonyl (C=O) groups excluding carboxylic acids is 2. The molecule has 28 heavy (non-hydrogen) atoms. The monoisotopic (exact) mass is 382 g/mol. The molecule has 2 heterocycles. The third-order valence-electron chi connectivity index (χ3n) is 5.60. The number of rotatable bonds is 6. The fourth-order valence-corrected chi connectivity index (χ4v) is 3.77. The minimum absolute atomic E-state index is 0.00110. The van der Waals surface area contributed by atoms with Gasteiger partial charge in [-0.2, -0.15) is 0 Å². The summed E-state index contributed by atoms with van der Waals surface area (Å²) in [6.07, 6.45) is 3.87. The Hall–Kier alpha value is -2.56. The number of nitrogens with zero attached hydrogens (tertiary/aromatic N) is 1. The highest BCUT2D eigenvalue weighted by atomic mass is 16.3. The van der Waals surface area contributed by atoms with Crippen LogP contribution in [0.5, 0.6) is 0 Å². The van der Waals surface area contributed by atoms with Crippen molar-refractivity contribution >= 4 is 11.8 Å². The topological polar surface area (TPSA) is 62.6 Å². The molecule has 3 rings (SSSR count). The van der Waals surface area contributed by atoms with E-state index in [1.54, 1.807) is 17.0 Å². The number of hydrogen-bond donors (Lipinski definition) is 1. The van der Waals surface area contributed by atoms with E-state index in [-0.39, 0.29) is 23.8 Å². The molecule has 1 aliphatic heterocycles. The van der Waals surface area contributed by atoms with Gasteiger partial charge in [-0.1, -0.05) is 45.0 Å². The normalized spacial score (nSPS) is 16.2. The Morgan fingerprint density at radius 1 is 1.14 bits per heavy atom. The first kappa shape index (κ1) is 20.2. The lowest BCUT2D eigenvalue weighted by Gasteiger charge is -2.32. The van der Waals surface area contributed by atoms with Crippen LogP contribution in [0.2, 0.25) is 0 Å². The molecule has 5 nitrogen and oxygen atoms in total. The molecule has 1 saturated heterocycles. The van der Waals surface area contributed by atoms with Gasteiger partial charge in [0.2, 0.25) is 5.91 Å². The van der Waals surface area contributed by atoms with Crippen molar-refractivity contribution in [2.45, 2.75) is 46.1 Å². The lowest BCUT2D eigenvalue weighted by molar-refractivity contribution is -0.127. The van der Waals surface area contributed by atoms with E-state index in [4.69, 9.17) is 4.42 Å². The van der Waals surface area contributed by atoms with Crippen molar-refractivity contribution in [3.63, 3.8) is 0 Å². The molecule has 1 N–H and O–H groups in total. The molecule has 0 saturated carbocycles. The van der Waals surface area contributed by atoms with E-state index in [0.717, 1.165) is 12.0 Å². The maximum atomic E-state index is 12.9. The SMILES string of the molecule is CCc1ccc([C@@H](NC(=O)C2CCN(C(=O)c3ccco3)CC2)C(C)C)cc1. The number of carbonyl (C=O) groups is 2. The molecule has 1 aromatic heterocycles. The summed E-state index contributed by atoms with van der Waals surface area (Å²) >= 11 is 0. The number of amides is 2. The van der Waals surface area contributed by atoms with Crippen LogP contribution in [0.25, 0.3) is 0 Å². The molecular formula is C23H30N2O3. The van der Waals surface area contributed by atoms with Gasteiger partial charge in [-0.3, -0.25) is 9.59 Å². The molecule has 1 aromatic carbocycles. The lowest BCUT2D eigenvalue weighted by Crippen LogP contribution is -2.44. The third kappa shape index (κ3) is 4.64. The smallest absolute Gasteiger partial charge is 0.289 e. The number of aryl methyl sites for hydroxylation is 1. The Labute approximate surface area is 167 Å². The maximum absolute atomic E-state index is 12.9. The molecule has 0 aliphatic carbocycles. The van der Waals surface area contributed by atoms with Gasteiger partial charge in [0.25, 0.3) is 5.91 Å². The van der Waals surface area contributed by atoms with Crippen LogP contribution in [-0.2, 0) is 11.2 Å². The molecule has 0 radical (unpaired) electrons. The Morgan fingerprint density at radius 2 is 1.82 bits per heavy atom. The predicted octanol–water partition coefficient (Wildman–Crippen LogP) is 4.21. The number of benzene rings is 1. The molecule has 0 bridgehead atoms. The Balaban J connectivity index is 1.58. The summed E-state index contributed by atoms with van der Waals surface area (Å²) in [5, 5.41) is 3.25. The second-order valence-electron chi connectivity index (χ2n) is 7.87. The van der Waals surface area contributed by atoms with Gasteiger partial charge in [-0.05, 0) is 48.4 Å². The maximum Gasteiger partial charge on any atom is 0.289 e. The summed E-state index contributed by atoms with van der Waals surface area (Å²) in [4.78, 5) is 27.0. The Bertz CT molecular complexity index is 773. The molecule has 0 spiro atoms. The number of hydrogen-bond acceptors (Lipinski definition) is 3. The van der Waals surface area contributed by atoms with Gasteiger partial charge >= 0.3 is 0 Å². The fourth-order valence-electron chi connectivity index (χ4n) is 3.77. The van der Waals surface area contributed by atoms with Crippen LogP contribution in [-0.4, -0.2) is 29.8 Å². The van der Waals surface area contributed by atoms with Crippen molar-refractivity contribution in [1.82, 2.24) is 10.2 Å². The van der Waals surface area contributed by atoms with E-state index in [1.165, 1.54) is 11.8 Å². The molecule has 5 heteroatoms. The zero-order chi connectivity index (χ0) is 20.1. The van der Waals surface area contributed by atoms with Crippen LogP contribution in [0.3, 0.4) is 0 Å². The van der Waals surface area contributed by atoms with Crippen LogP contribution in [0.1, 0.15) is 61.3 Å². The summed E-state index contributed by atoms with van der Waals surface area (Å²) in [6, 6.07) is 11.9. The van der Waals surface area contributed by atoms with Crippen LogP contribution < -0.4 is 5.32 Å².